The highest BCUT2D eigenvalue weighted by atomic mass is 35.5. The van der Waals surface area contributed by atoms with Crippen LogP contribution >= 0.6 is 23.2 Å². The van der Waals surface area contributed by atoms with Crippen molar-refractivity contribution in [2.45, 2.75) is 31.0 Å². The minimum Gasteiger partial charge on any atom is -0.472 e. The van der Waals surface area contributed by atoms with Gasteiger partial charge in [0.25, 0.3) is 6.01 Å². The quantitative estimate of drug-likeness (QED) is 0.609. The maximum Gasteiger partial charge on any atom is 0.296 e. The first-order chi connectivity index (χ1) is 14.5. The number of nitrogens with one attached hydrogen (secondary N) is 1. The average Bonchev–Trinajstić information content (AvgIpc) is 3.39. The number of H-pyrrole nitrogens is 1. The number of aromatic nitrogens is 3. The molecular formula is C19H16Cl2FN3O5. The van der Waals surface area contributed by atoms with Gasteiger partial charge in [-0.2, -0.15) is 9.97 Å². The molecule has 2 aliphatic heterocycles. The van der Waals surface area contributed by atoms with Crippen molar-refractivity contribution in [2.24, 2.45) is 0 Å². The van der Waals surface area contributed by atoms with Crippen molar-refractivity contribution in [1.82, 2.24) is 15.0 Å². The number of pyridine rings is 1. The molecule has 2 aliphatic rings. The van der Waals surface area contributed by atoms with Gasteiger partial charge in [0.1, 0.15) is 35.8 Å². The van der Waals surface area contributed by atoms with Crippen molar-refractivity contribution in [3.05, 3.63) is 45.7 Å². The summed E-state index contributed by atoms with van der Waals surface area (Å²) in [5.41, 5.74) is 1.05. The first-order valence-electron chi connectivity index (χ1n) is 9.19. The van der Waals surface area contributed by atoms with Gasteiger partial charge in [0.05, 0.1) is 23.8 Å². The van der Waals surface area contributed by atoms with E-state index in [1.54, 1.807) is 12.1 Å². The highest BCUT2D eigenvalue weighted by Crippen LogP contribution is 2.32. The van der Waals surface area contributed by atoms with Gasteiger partial charge in [-0.1, -0.05) is 29.3 Å². The molecule has 5 rings (SSSR count). The normalized spacial score (nSPS) is 25.6. The fourth-order valence-electron chi connectivity index (χ4n) is 3.54. The zero-order valence-electron chi connectivity index (χ0n) is 15.3. The van der Waals surface area contributed by atoms with Crippen LogP contribution < -0.4 is 9.47 Å². The average molecular weight is 456 g/mol. The van der Waals surface area contributed by atoms with Gasteiger partial charge in [-0.3, -0.25) is 0 Å². The van der Waals surface area contributed by atoms with Crippen molar-refractivity contribution in [2.75, 3.05) is 13.2 Å². The van der Waals surface area contributed by atoms with Crippen LogP contribution in [0.15, 0.2) is 24.3 Å². The van der Waals surface area contributed by atoms with E-state index in [2.05, 4.69) is 15.0 Å². The molecule has 2 aromatic heterocycles. The standard InChI is InChI=1S/C19H16Cl2FN3O5/c20-9-2-1-3-11(22)8(9)5-29-18-10(21)4-12-17(24-18)25-19(23-12)30-14-7-28-15-13(26)6-27-16(14)15/h1-4,13-16,26H,5-7H2,(H,23,24,25)/t13-,14-,15?,16?/m1/s1. The number of halogens is 3. The van der Waals surface area contributed by atoms with Crippen LogP contribution in [-0.2, 0) is 16.1 Å². The first kappa shape index (κ1) is 19.8. The lowest BCUT2D eigenvalue weighted by Gasteiger charge is -2.15. The Kier molecular flexibility index (Phi) is 5.16. The van der Waals surface area contributed by atoms with E-state index in [0.29, 0.717) is 11.2 Å². The van der Waals surface area contributed by atoms with Gasteiger partial charge < -0.3 is 29.0 Å². The van der Waals surface area contributed by atoms with Crippen LogP contribution in [0.25, 0.3) is 11.2 Å². The number of nitrogens with zero attached hydrogens (tertiary/aromatic N) is 2. The molecule has 0 spiro atoms. The largest absolute Gasteiger partial charge is 0.472 e. The molecule has 2 unspecified atom stereocenters. The number of aromatic amines is 1. The summed E-state index contributed by atoms with van der Waals surface area (Å²) in [4.78, 5) is 11.6. The number of aliphatic hydroxyl groups excluding tert-OH is 1. The van der Waals surface area contributed by atoms with Crippen LogP contribution in [0.5, 0.6) is 11.9 Å². The number of imidazole rings is 1. The first-order valence-corrected chi connectivity index (χ1v) is 9.95. The molecule has 0 bridgehead atoms. The minimum absolute atomic E-state index is 0.0908. The monoisotopic (exact) mass is 455 g/mol. The van der Waals surface area contributed by atoms with Gasteiger partial charge in [0.2, 0.25) is 5.88 Å². The van der Waals surface area contributed by atoms with Gasteiger partial charge in [0, 0.05) is 5.56 Å². The Balaban J connectivity index is 1.33. The highest BCUT2D eigenvalue weighted by Gasteiger charge is 2.48. The van der Waals surface area contributed by atoms with Crippen molar-refractivity contribution in [3.8, 4) is 11.9 Å². The molecule has 4 heterocycles. The Hall–Kier alpha value is -2.17. The smallest absolute Gasteiger partial charge is 0.296 e. The molecule has 2 fully saturated rings. The lowest BCUT2D eigenvalue weighted by atomic mass is 10.1. The molecule has 4 atom stereocenters. The van der Waals surface area contributed by atoms with Crippen LogP contribution in [0.3, 0.4) is 0 Å². The van der Waals surface area contributed by atoms with Gasteiger partial charge in [-0.15, -0.1) is 0 Å². The molecule has 158 valence electrons. The molecule has 30 heavy (non-hydrogen) atoms. The second-order valence-corrected chi connectivity index (χ2v) is 7.81. The molecular weight excluding hydrogens is 440 g/mol. The maximum atomic E-state index is 13.9. The third kappa shape index (κ3) is 3.57. The fraction of sp³-hybridized carbons (Fsp3) is 0.368. The zero-order valence-corrected chi connectivity index (χ0v) is 16.9. The Labute approximate surface area is 179 Å². The summed E-state index contributed by atoms with van der Waals surface area (Å²) in [6, 6.07) is 6.18. The van der Waals surface area contributed by atoms with E-state index in [9.17, 15) is 9.50 Å². The Morgan fingerprint density at radius 1 is 1.17 bits per heavy atom. The molecule has 2 N–H and O–H groups in total. The Bertz CT molecular complexity index is 1080. The summed E-state index contributed by atoms with van der Waals surface area (Å²) in [5.74, 6) is -0.389. The summed E-state index contributed by atoms with van der Waals surface area (Å²) in [6.45, 7) is 0.342. The third-order valence-electron chi connectivity index (χ3n) is 5.03. The minimum atomic E-state index is -0.664. The lowest BCUT2D eigenvalue weighted by Crippen LogP contribution is -2.34. The maximum absolute atomic E-state index is 13.9. The van der Waals surface area contributed by atoms with Gasteiger partial charge >= 0.3 is 0 Å². The van der Waals surface area contributed by atoms with Crippen molar-refractivity contribution in [1.29, 1.82) is 0 Å². The van der Waals surface area contributed by atoms with Crippen molar-refractivity contribution < 1.29 is 28.4 Å². The third-order valence-corrected chi connectivity index (χ3v) is 5.66. The molecule has 0 aliphatic carbocycles. The van der Waals surface area contributed by atoms with E-state index in [1.807, 2.05) is 0 Å². The van der Waals surface area contributed by atoms with E-state index in [0.717, 1.165) is 0 Å². The van der Waals surface area contributed by atoms with E-state index < -0.39 is 24.1 Å². The van der Waals surface area contributed by atoms with Crippen LogP contribution in [0, 0.1) is 5.82 Å². The number of fused-ring (bicyclic) bond motifs is 2. The summed E-state index contributed by atoms with van der Waals surface area (Å²) in [5, 5.41) is 10.3. The van der Waals surface area contributed by atoms with Crippen molar-refractivity contribution in [3.63, 3.8) is 0 Å². The molecule has 0 saturated carbocycles. The Morgan fingerprint density at radius 2 is 2.00 bits per heavy atom. The topological polar surface area (TPSA) is 98.7 Å². The highest BCUT2D eigenvalue weighted by molar-refractivity contribution is 6.32. The number of rotatable bonds is 5. The van der Waals surface area contributed by atoms with E-state index in [4.69, 9.17) is 42.1 Å². The Morgan fingerprint density at radius 3 is 2.83 bits per heavy atom. The number of aliphatic hydroxyl groups is 1. The fourth-order valence-corrected chi connectivity index (χ4v) is 3.96. The molecule has 8 nitrogen and oxygen atoms in total. The molecule has 2 saturated heterocycles. The number of hydrogen-bond donors (Lipinski definition) is 2. The van der Waals surface area contributed by atoms with E-state index in [-0.39, 0.29) is 53.4 Å². The second-order valence-electron chi connectivity index (χ2n) is 7.00. The summed E-state index contributed by atoms with van der Waals surface area (Å²) in [6.07, 6.45) is -1.85. The summed E-state index contributed by atoms with van der Waals surface area (Å²) in [7, 11) is 0. The SMILES string of the molecule is O[C@@H]1COC2C1OC[C@H]2Oc1nc2nc(OCc3c(F)cccc3Cl)c(Cl)cc2[nH]1. The molecule has 3 aromatic rings. The van der Waals surface area contributed by atoms with Crippen LogP contribution in [0.4, 0.5) is 4.39 Å². The molecule has 1 aromatic carbocycles. The molecule has 0 amide bonds. The number of hydrogen-bond acceptors (Lipinski definition) is 7. The zero-order chi connectivity index (χ0) is 20.8. The van der Waals surface area contributed by atoms with Gasteiger partial charge in [0.15, 0.2) is 11.8 Å². The summed E-state index contributed by atoms with van der Waals surface area (Å²) < 4.78 is 36.4. The van der Waals surface area contributed by atoms with Gasteiger partial charge in [-0.25, -0.2) is 4.39 Å². The predicted molar refractivity (Wildman–Crippen MR) is 105 cm³/mol. The van der Waals surface area contributed by atoms with Crippen LogP contribution in [0.2, 0.25) is 10.0 Å². The lowest BCUT2D eigenvalue weighted by molar-refractivity contribution is 0.00706. The predicted octanol–water partition coefficient (Wildman–Crippen LogP) is 2.89. The van der Waals surface area contributed by atoms with Gasteiger partial charge in [-0.05, 0) is 18.2 Å². The van der Waals surface area contributed by atoms with Crippen molar-refractivity contribution >= 4 is 34.4 Å². The van der Waals surface area contributed by atoms with Crippen LogP contribution in [-0.4, -0.2) is 57.7 Å². The second kappa shape index (κ2) is 7.82. The molecule has 0 radical (unpaired) electrons. The van der Waals surface area contributed by atoms with Crippen LogP contribution in [0.1, 0.15) is 5.56 Å². The van der Waals surface area contributed by atoms with E-state index >= 15 is 0 Å². The number of ether oxygens (including phenoxy) is 4. The number of benzene rings is 1. The van der Waals surface area contributed by atoms with E-state index in [1.165, 1.54) is 12.1 Å². The molecule has 11 heteroatoms. The summed E-state index contributed by atoms with van der Waals surface area (Å²) >= 11 is 12.3.